The summed E-state index contributed by atoms with van der Waals surface area (Å²) in [5.41, 5.74) is 1.71. The number of hydrogen-bond acceptors (Lipinski definition) is 4. The van der Waals surface area contributed by atoms with Crippen LogP contribution in [-0.4, -0.2) is 27.8 Å². The second-order valence-electron chi connectivity index (χ2n) is 4.62. The molecule has 6 nitrogen and oxygen atoms in total. The van der Waals surface area contributed by atoms with Gasteiger partial charge in [0.1, 0.15) is 5.69 Å². The summed E-state index contributed by atoms with van der Waals surface area (Å²) in [7, 11) is 1.83. The van der Waals surface area contributed by atoms with Crippen LogP contribution in [0, 0.1) is 10.1 Å². The fourth-order valence-electron chi connectivity index (χ4n) is 2.61. The first-order chi connectivity index (χ1) is 8.66. The summed E-state index contributed by atoms with van der Waals surface area (Å²) in [5.74, 6) is 0. The summed E-state index contributed by atoms with van der Waals surface area (Å²) in [6, 6.07) is 3.27. The van der Waals surface area contributed by atoms with Gasteiger partial charge in [-0.15, -0.1) is 0 Å². The molecule has 3 rings (SSSR count). The second-order valence-corrected chi connectivity index (χ2v) is 4.62. The van der Waals surface area contributed by atoms with Crippen LogP contribution in [0.1, 0.15) is 12.8 Å². The smallest absolute Gasteiger partial charge is 0.293 e. The highest BCUT2D eigenvalue weighted by Crippen LogP contribution is 2.37. The number of aryl methyl sites for hydroxylation is 1. The van der Waals surface area contributed by atoms with E-state index in [4.69, 9.17) is 0 Å². The quantitative estimate of drug-likeness (QED) is 0.601. The molecule has 0 saturated carbocycles. The highest BCUT2D eigenvalue weighted by molar-refractivity contribution is 5.96. The van der Waals surface area contributed by atoms with E-state index in [1.807, 2.05) is 13.2 Å². The lowest BCUT2D eigenvalue weighted by molar-refractivity contribution is -0.384. The first kappa shape index (κ1) is 11.0. The molecule has 6 heteroatoms. The number of hydrogen-bond donors (Lipinski definition) is 0. The van der Waals surface area contributed by atoms with Crippen molar-refractivity contribution in [3.05, 3.63) is 28.4 Å². The van der Waals surface area contributed by atoms with Crippen LogP contribution in [0.4, 0.5) is 11.4 Å². The predicted octanol–water partition coefficient (Wildman–Crippen LogP) is 2.08. The molecule has 1 aromatic heterocycles. The highest BCUT2D eigenvalue weighted by Gasteiger charge is 2.25. The molecule has 0 spiro atoms. The molecule has 0 N–H and O–H groups in total. The van der Waals surface area contributed by atoms with Crippen molar-refractivity contribution in [2.24, 2.45) is 7.05 Å². The maximum Gasteiger partial charge on any atom is 0.293 e. The third-order valence-electron chi connectivity index (χ3n) is 3.37. The SMILES string of the molecule is Cn1cc2c(N3CCCC3)c([N+](=O)[O-])ccc2n1. The summed E-state index contributed by atoms with van der Waals surface area (Å²) in [4.78, 5) is 13.0. The van der Waals surface area contributed by atoms with E-state index in [0.717, 1.165) is 42.5 Å². The molecule has 2 heterocycles. The van der Waals surface area contributed by atoms with Crippen LogP contribution in [0.15, 0.2) is 18.3 Å². The fraction of sp³-hybridized carbons (Fsp3) is 0.417. The van der Waals surface area contributed by atoms with Crippen LogP contribution in [0.25, 0.3) is 10.9 Å². The van der Waals surface area contributed by atoms with Gasteiger partial charge in [0, 0.05) is 32.4 Å². The molecule has 0 amide bonds. The zero-order chi connectivity index (χ0) is 12.7. The van der Waals surface area contributed by atoms with Crippen LogP contribution in [0.5, 0.6) is 0 Å². The molecule has 0 aliphatic carbocycles. The maximum absolute atomic E-state index is 11.2. The fourth-order valence-corrected chi connectivity index (χ4v) is 2.61. The van der Waals surface area contributed by atoms with Gasteiger partial charge < -0.3 is 4.90 Å². The molecule has 18 heavy (non-hydrogen) atoms. The molecule has 0 radical (unpaired) electrons. The summed E-state index contributed by atoms with van der Waals surface area (Å²) in [6.45, 7) is 1.77. The molecule has 1 aliphatic rings. The van der Waals surface area contributed by atoms with E-state index in [-0.39, 0.29) is 10.6 Å². The normalized spacial score (nSPS) is 15.5. The van der Waals surface area contributed by atoms with Crippen LogP contribution in [-0.2, 0) is 7.05 Å². The first-order valence-electron chi connectivity index (χ1n) is 6.02. The number of nitro groups is 1. The lowest BCUT2D eigenvalue weighted by Crippen LogP contribution is -2.19. The van der Waals surface area contributed by atoms with Gasteiger partial charge in [-0.3, -0.25) is 14.8 Å². The highest BCUT2D eigenvalue weighted by atomic mass is 16.6. The lowest BCUT2D eigenvalue weighted by Gasteiger charge is -2.18. The van der Waals surface area contributed by atoms with Crippen molar-refractivity contribution in [3.63, 3.8) is 0 Å². The Kier molecular flexibility index (Phi) is 2.43. The van der Waals surface area contributed by atoms with Crippen molar-refractivity contribution in [1.29, 1.82) is 0 Å². The van der Waals surface area contributed by atoms with Crippen molar-refractivity contribution in [1.82, 2.24) is 9.78 Å². The van der Waals surface area contributed by atoms with Crippen molar-refractivity contribution in [3.8, 4) is 0 Å². The average Bonchev–Trinajstić information content (AvgIpc) is 2.93. The van der Waals surface area contributed by atoms with Crippen LogP contribution in [0.3, 0.4) is 0 Å². The standard InChI is InChI=1S/C12H14N4O2/c1-14-8-9-10(13-14)4-5-11(16(17)18)12(9)15-6-2-3-7-15/h4-5,8H,2-3,6-7H2,1H3. The minimum absolute atomic E-state index is 0.178. The molecule has 1 fully saturated rings. The Morgan fingerprint density at radius 2 is 2.06 bits per heavy atom. The van der Waals surface area contributed by atoms with Gasteiger partial charge in [-0.2, -0.15) is 5.10 Å². The van der Waals surface area contributed by atoms with Gasteiger partial charge in [-0.05, 0) is 18.9 Å². The van der Waals surface area contributed by atoms with Gasteiger partial charge in [0.15, 0.2) is 0 Å². The minimum Gasteiger partial charge on any atom is -0.365 e. The van der Waals surface area contributed by atoms with Crippen molar-refractivity contribution in [2.75, 3.05) is 18.0 Å². The summed E-state index contributed by atoms with van der Waals surface area (Å²) in [5, 5.41) is 16.4. The first-order valence-corrected chi connectivity index (χ1v) is 6.02. The van der Waals surface area contributed by atoms with Crippen molar-refractivity contribution in [2.45, 2.75) is 12.8 Å². The number of nitrogens with zero attached hydrogens (tertiary/aromatic N) is 4. The van der Waals surface area contributed by atoms with Gasteiger partial charge in [0.25, 0.3) is 5.69 Å². The number of fused-ring (bicyclic) bond motifs is 1. The van der Waals surface area contributed by atoms with E-state index in [1.54, 1.807) is 16.8 Å². The van der Waals surface area contributed by atoms with E-state index in [0.29, 0.717) is 0 Å². The molecule has 1 aromatic carbocycles. The summed E-state index contributed by atoms with van der Waals surface area (Å²) >= 11 is 0. The number of benzene rings is 1. The molecule has 0 bridgehead atoms. The Labute approximate surface area is 104 Å². The largest absolute Gasteiger partial charge is 0.365 e. The maximum atomic E-state index is 11.2. The molecule has 1 aliphatic heterocycles. The monoisotopic (exact) mass is 246 g/mol. The van der Waals surface area contributed by atoms with Crippen LogP contribution < -0.4 is 4.90 Å². The molecular weight excluding hydrogens is 232 g/mol. The molecule has 94 valence electrons. The van der Waals surface area contributed by atoms with E-state index in [9.17, 15) is 10.1 Å². The van der Waals surface area contributed by atoms with E-state index in [1.165, 1.54) is 0 Å². The van der Waals surface area contributed by atoms with Crippen LogP contribution in [0.2, 0.25) is 0 Å². The molecular formula is C12H14N4O2. The van der Waals surface area contributed by atoms with Crippen molar-refractivity contribution < 1.29 is 4.92 Å². The second kappa shape index (κ2) is 3.97. The van der Waals surface area contributed by atoms with E-state index in [2.05, 4.69) is 10.00 Å². The topological polar surface area (TPSA) is 64.2 Å². The van der Waals surface area contributed by atoms with Gasteiger partial charge in [-0.1, -0.05) is 0 Å². The van der Waals surface area contributed by atoms with Crippen molar-refractivity contribution >= 4 is 22.3 Å². The Balaban J connectivity index is 2.27. The minimum atomic E-state index is -0.305. The Bertz CT molecular complexity index is 614. The van der Waals surface area contributed by atoms with Gasteiger partial charge in [-0.25, -0.2) is 0 Å². The zero-order valence-electron chi connectivity index (χ0n) is 10.2. The zero-order valence-corrected chi connectivity index (χ0v) is 10.2. The third kappa shape index (κ3) is 1.61. The number of nitro benzene ring substituents is 1. The van der Waals surface area contributed by atoms with Gasteiger partial charge in [0.2, 0.25) is 0 Å². The third-order valence-corrected chi connectivity index (χ3v) is 3.37. The summed E-state index contributed by atoms with van der Waals surface area (Å²) in [6.07, 6.45) is 4.04. The number of rotatable bonds is 2. The van der Waals surface area contributed by atoms with Crippen LogP contribution >= 0.6 is 0 Å². The molecule has 2 aromatic rings. The van der Waals surface area contributed by atoms with E-state index >= 15 is 0 Å². The molecule has 1 saturated heterocycles. The van der Waals surface area contributed by atoms with E-state index < -0.39 is 0 Å². The molecule has 0 unspecified atom stereocenters. The number of aromatic nitrogens is 2. The molecule has 0 atom stereocenters. The average molecular weight is 246 g/mol. The lowest BCUT2D eigenvalue weighted by atomic mass is 10.1. The van der Waals surface area contributed by atoms with Gasteiger partial charge in [0.05, 0.1) is 15.8 Å². The van der Waals surface area contributed by atoms with Gasteiger partial charge >= 0.3 is 0 Å². The predicted molar refractivity (Wildman–Crippen MR) is 68.8 cm³/mol. The Morgan fingerprint density at radius 1 is 1.33 bits per heavy atom. The Hall–Kier alpha value is -2.11. The Morgan fingerprint density at radius 3 is 2.72 bits per heavy atom. The summed E-state index contributed by atoms with van der Waals surface area (Å²) < 4.78 is 1.70. The number of anilines is 1.